The molecule has 0 N–H and O–H groups in total. The predicted molar refractivity (Wildman–Crippen MR) is 175 cm³/mol. The van der Waals surface area contributed by atoms with E-state index in [1.807, 2.05) is 30.3 Å². The van der Waals surface area contributed by atoms with Crippen molar-refractivity contribution in [1.82, 2.24) is 0 Å². The number of benzene rings is 7. The van der Waals surface area contributed by atoms with E-state index in [9.17, 15) is 0 Å². The average Bonchev–Trinajstić information content (AvgIpc) is 3.61. The fourth-order valence-corrected chi connectivity index (χ4v) is 6.79. The molecule has 0 fully saturated rings. The van der Waals surface area contributed by atoms with E-state index in [1.165, 1.54) is 10.9 Å². The number of hydrogen-bond donors (Lipinski definition) is 0. The molecule has 7 aromatic carbocycles. The third-order valence-electron chi connectivity index (χ3n) is 8.87. The molecule has 3 heteroatoms. The molecule has 43 heavy (non-hydrogen) atoms. The lowest BCUT2D eigenvalue weighted by atomic mass is 9.92. The van der Waals surface area contributed by atoms with Crippen LogP contribution in [0, 0.1) is 0 Å². The zero-order chi connectivity index (χ0) is 28.1. The van der Waals surface area contributed by atoms with Crippen LogP contribution in [0.25, 0.3) is 88.0 Å². The Balaban J connectivity index is 1.06. The van der Waals surface area contributed by atoms with Crippen LogP contribution in [0.3, 0.4) is 0 Å². The van der Waals surface area contributed by atoms with Gasteiger partial charge in [-0.25, -0.2) is 0 Å². The molecular formula is C40H22O3. The van der Waals surface area contributed by atoms with Crippen LogP contribution in [0.1, 0.15) is 0 Å². The summed E-state index contributed by atoms with van der Waals surface area (Å²) < 4.78 is 18.9. The lowest BCUT2D eigenvalue weighted by Gasteiger charge is -2.21. The fourth-order valence-electron chi connectivity index (χ4n) is 6.79. The summed E-state index contributed by atoms with van der Waals surface area (Å²) in [7, 11) is 0. The third kappa shape index (κ3) is 3.30. The summed E-state index contributed by atoms with van der Waals surface area (Å²) in [6.07, 6.45) is 0. The molecule has 3 heterocycles. The fraction of sp³-hybridized carbons (Fsp3) is 0. The van der Waals surface area contributed by atoms with Crippen molar-refractivity contribution in [3.05, 3.63) is 133 Å². The zero-order valence-corrected chi connectivity index (χ0v) is 22.9. The van der Waals surface area contributed by atoms with Crippen molar-refractivity contribution in [3.63, 3.8) is 0 Å². The predicted octanol–water partition coefficient (Wildman–Crippen LogP) is 11.7. The van der Waals surface area contributed by atoms with Gasteiger partial charge in [0.2, 0.25) is 0 Å². The van der Waals surface area contributed by atoms with E-state index in [4.69, 9.17) is 13.6 Å². The Hall–Kier alpha value is -5.80. The molecular weight excluding hydrogens is 528 g/mol. The summed E-state index contributed by atoms with van der Waals surface area (Å²) in [6, 6.07) is 46.7. The molecule has 1 aliphatic heterocycles. The topological polar surface area (TPSA) is 35.5 Å². The second kappa shape index (κ2) is 8.37. The van der Waals surface area contributed by atoms with Gasteiger partial charge in [-0.2, -0.15) is 0 Å². The van der Waals surface area contributed by atoms with E-state index < -0.39 is 0 Å². The van der Waals surface area contributed by atoms with Gasteiger partial charge in [-0.3, -0.25) is 0 Å². The van der Waals surface area contributed by atoms with Gasteiger partial charge in [-0.05, 0) is 93.9 Å². The minimum absolute atomic E-state index is 0.872. The number of para-hydroxylation sites is 1. The number of rotatable bonds is 2. The van der Waals surface area contributed by atoms with Crippen molar-refractivity contribution in [1.29, 1.82) is 0 Å². The lowest BCUT2D eigenvalue weighted by Crippen LogP contribution is -1.97. The minimum atomic E-state index is 0.872. The molecule has 10 rings (SSSR count). The Morgan fingerprint density at radius 2 is 0.907 bits per heavy atom. The van der Waals surface area contributed by atoms with Crippen LogP contribution in [-0.2, 0) is 0 Å². The van der Waals surface area contributed by atoms with Crippen LogP contribution in [0.5, 0.6) is 11.5 Å². The molecule has 200 valence electrons. The highest BCUT2D eigenvalue weighted by Crippen LogP contribution is 2.47. The van der Waals surface area contributed by atoms with E-state index in [-0.39, 0.29) is 0 Å². The summed E-state index contributed by atoms with van der Waals surface area (Å²) >= 11 is 0. The van der Waals surface area contributed by atoms with Gasteiger partial charge in [-0.1, -0.05) is 72.8 Å². The van der Waals surface area contributed by atoms with Crippen LogP contribution >= 0.6 is 0 Å². The molecule has 0 saturated heterocycles. The number of hydrogen-bond acceptors (Lipinski definition) is 3. The standard InChI is InChI=1S/C40H22O3/c1-2-9-34-28(7-1)29-15-12-26(21-37(29)42-34)27-13-17-31-30-16-11-25(20-38(30)43-39(31)22-27)24-14-18-35-33(19-24)32-8-3-5-23-6-4-10-36(41-35)40(23)32/h1-22H. The molecule has 0 saturated carbocycles. The van der Waals surface area contributed by atoms with Crippen LogP contribution in [0.2, 0.25) is 0 Å². The van der Waals surface area contributed by atoms with Gasteiger partial charge in [-0.15, -0.1) is 0 Å². The Morgan fingerprint density at radius 3 is 1.60 bits per heavy atom. The van der Waals surface area contributed by atoms with Crippen molar-refractivity contribution >= 4 is 54.6 Å². The maximum Gasteiger partial charge on any atom is 0.136 e. The third-order valence-corrected chi connectivity index (χ3v) is 8.87. The second-order valence-corrected chi connectivity index (χ2v) is 11.3. The molecule has 0 bridgehead atoms. The van der Waals surface area contributed by atoms with Crippen molar-refractivity contribution in [2.24, 2.45) is 0 Å². The average molecular weight is 551 g/mol. The van der Waals surface area contributed by atoms with E-state index in [2.05, 4.69) is 103 Å². The van der Waals surface area contributed by atoms with Gasteiger partial charge < -0.3 is 13.6 Å². The molecule has 0 spiro atoms. The molecule has 3 nitrogen and oxygen atoms in total. The molecule has 1 aliphatic rings. The van der Waals surface area contributed by atoms with Crippen molar-refractivity contribution in [2.45, 2.75) is 0 Å². The first-order valence-electron chi connectivity index (χ1n) is 14.5. The lowest BCUT2D eigenvalue weighted by molar-refractivity contribution is 0.487. The van der Waals surface area contributed by atoms with Crippen LogP contribution < -0.4 is 4.74 Å². The normalized spacial score (nSPS) is 12.4. The highest BCUT2D eigenvalue weighted by molar-refractivity contribution is 6.09. The van der Waals surface area contributed by atoms with E-state index in [1.54, 1.807) is 0 Å². The highest BCUT2D eigenvalue weighted by atomic mass is 16.5. The van der Waals surface area contributed by atoms with Gasteiger partial charge in [0, 0.05) is 32.5 Å². The monoisotopic (exact) mass is 550 g/mol. The molecule has 9 aromatic rings. The Bertz CT molecular complexity index is 2590. The SMILES string of the molecule is c1cc2c3c(cccc3c1)-c1cc(-c3ccc4c(c3)oc3cc(-c5ccc6c(c5)oc5ccccc56)ccc34)ccc1O2. The van der Waals surface area contributed by atoms with Gasteiger partial charge >= 0.3 is 0 Å². The van der Waals surface area contributed by atoms with Crippen LogP contribution in [-0.4, -0.2) is 0 Å². The smallest absolute Gasteiger partial charge is 0.136 e. The first-order chi connectivity index (χ1) is 21.3. The Labute approximate surface area is 246 Å². The second-order valence-electron chi connectivity index (χ2n) is 11.3. The number of furan rings is 2. The van der Waals surface area contributed by atoms with Gasteiger partial charge in [0.1, 0.15) is 33.8 Å². The van der Waals surface area contributed by atoms with Gasteiger partial charge in [0.05, 0.1) is 0 Å². The van der Waals surface area contributed by atoms with Crippen molar-refractivity contribution < 1.29 is 13.6 Å². The first kappa shape index (κ1) is 22.8. The van der Waals surface area contributed by atoms with Crippen molar-refractivity contribution in [3.8, 4) is 44.9 Å². The van der Waals surface area contributed by atoms with E-state index in [0.717, 1.165) is 88.6 Å². The highest BCUT2D eigenvalue weighted by Gasteiger charge is 2.20. The van der Waals surface area contributed by atoms with Gasteiger partial charge in [0.25, 0.3) is 0 Å². The summed E-state index contributed by atoms with van der Waals surface area (Å²) in [4.78, 5) is 0. The number of ether oxygens (including phenoxy) is 1. The molecule has 0 amide bonds. The van der Waals surface area contributed by atoms with Crippen molar-refractivity contribution in [2.75, 3.05) is 0 Å². The zero-order valence-electron chi connectivity index (χ0n) is 22.9. The Morgan fingerprint density at radius 1 is 0.349 bits per heavy atom. The van der Waals surface area contributed by atoms with E-state index in [0.29, 0.717) is 0 Å². The summed E-state index contributed by atoms with van der Waals surface area (Å²) in [5.41, 5.74) is 10.3. The molecule has 0 atom stereocenters. The molecule has 0 aliphatic carbocycles. The first-order valence-corrected chi connectivity index (χ1v) is 14.5. The summed E-state index contributed by atoms with van der Waals surface area (Å²) in [5, 5.41) is 6.84. The molecule has 0 unspecified atom stereocenters. The molecule has 0 radical (unpaired) electrons. The summed E-state index contributed by atoms with van der Waals surface area (Å²) in [5.74, 6) is 1.79. The van der Waals surface area contributed by atoms with Crippen LogP contribution in [0.15, 0.2) is 142 Å². The van der Waals surface area contributed by atoms with E-state index >= 15 is 0 Å². The largest absolute Gasteiger partial charge is 0.456 e. The molecule has 2 aromatic heterocycles. The Kier molecular flexibility index (Phi) is 4.45. The van der Waals surface area contributed by atoms with Gasteiger partial charge in [0.15, 0.2) is 0 Å². The summed E-state index contributed by atoms with van der Waals surface area (Å²) in [6.45, 7) is 0. The maximum absolute atomic E-state index is 6.47. The maximum atomic E-state index is 6.47. The quantitative estimate of drug-likeness (QED) is 0.215. The minimum Gasteiger partial charge on any atom is -0.456 e. The number of fused-ring (bicyclic) bond motifs is 8. The van der Waals surface area contributed by atoms with Crippen LogP contribution in [0.4, 0.5) is 0 Å².